The van der Waals surface area contributed by atoms with Gasteiger partial charge in [0.25, 0.3) is 0 Å². The van der Waals surface area contributed by atoms with Gasteiger partial charge in [-0.2, -0.15) is 0 Å². The fourth-order valence-corrected chi connectivity index (χ4v) is 2.74. The third kappa shape index (κ3) is 4.04. The zero-order chi connectivity index (χ0) is 15.2. The van der Waals surface area contributed by atoms with E-state index in [9.17, 15) is 9.59 Å². The summed E-state index contributed by atoms with van der Waals surface area (Å²) in [6.45, 7) is 2.19. The Kier molecular flexibility index (Phi) is 5.33. The average Bonchev–Trinajstić information content (AvgIpc) is 2.48. The topological polar surface area (TPSA) is 66.8 Å². The van der Waals surface area contributed by atoms with Gasteiger partial charge in [0.1, 0.15) is 0 Å². The minimum atomic E-state index is -0.989. The minimum Gasteiger partial charge on any atom is -0.478 e. The highest BCUT2D eigenvalue weighted by molar-refractivity contribution is 5.91. The molecule has 21 heavy (non-hydrogen) atoms. The van der Waals surface area contributed by atoms with Crippen LogP contribution in [0, 0.1) is 5.92 Å². The first kappa shape index (κ1) is 15.5. The summed E-state index contributed by atoms with van der Waals surface area (Å²) in [6.07, 6.45) is 2.04. The van der Waals surface area contributed by atoms with Crippen molar-refractivity contribution in [1.29, 1.82) is 0 Å². The van der Waals surface area contributed by atoms with Crippen molar-refractivity contribution in [3.05, 3.63) is 35.4 Å². The van der Waals surface area contributed by atoms with Crippen molar-refractivity contribution in [3.8, 4) is 0 Å². The number of piperidine rings is 1. The zero-order valence-corrected chi connectivity index (χ0v) is 12.2. The van der Waals surface area contributed by atoms with E-state index in [0.717, 1.165) is 32.5 Å². The average molecular weight is 291 g/mol. The Morgan fingerprint density at radius 1 is 1.29 bits per heavy atom. The lowest BCUT2D eigenvalue weighted by atomic mass is 9.97. The Morgan fingerprint density at radius 2 is 1.95 bits per heavy atom. The second-order valence-electron chi connectivity index (χ2n) is 5.42. The van der Waals surface area contributed by atoms with Crippen LogP contribution in [0.25, 0.3) is 0 Å². The molecular formula is C16H21NO4. The van der Waals surface area contributed by atoms with E-state index in [1.165, 1.54) is 6.07 Å². The smallest absolute Gasteiger partial charge is 0.335 e. The van der Waals surface area contributed by atoms with Gasteiger partial charge in [0.2, 0.25) is 5.91 Å². The van der Waals surface area contributed by atoms with Crippen molar-refractivity contribution in [1.82, 2.24) is 4.90 Å². The van der Waals surface area contributed by atoms with Gasteiger partial charge in [-0.15, -0.1) is 0 Å². The van der Waals surface area contributed by atoms with E-state index >= 15 is 0 Å². The molecule has 0 aliphatic carbocycles. The van der Waals surface area contributed by atoms with Gasteiger partial charge in [0.15, 0.2) is 0 Å². The molecule has 5 heteroatoms. The number of methoxy groups -OCH3 is 1. The summed E-state index contributed by atoms with van der Waals surface area (Å²) in [5, 5.41) is 9.14. The summed E-state index contributed by atoms with van der Waals surface area (Å²) in [6, 6.07) is 6.68. The van der Waals surface area contributed by atoms with E-state index in [1.807, 2.05) is 4.90 Å². The summed E-state index contributed by atoms with van der Waals surface area (Å²) in [7, 11) is 1.69. The quantitative estimate of drug-likeness (QED) is 0.898. The number of rotatable bonds is 5. The van der Waals surface area contributed by atoms with Gasteiger partial charge in [-0.3, -0.25) is 4.79 Å². The van der Waals surface area contributed by atoms with Gasteiger partial charge in [-0.05, 0) is 30.4 Å². The zero-order valence-electron chi connectivity index (χ0n) is 12.2. The van der Waals surface area contributed by atoms with Crippen LogP contribution < -0.4 is 0 Å². The number of amides is 1. The number of ether oxygens (including phenoxy) is 1. The van der Waals surface area contributed by atoms with Crippen LogP contribution in [0.15, 0.2) is 24.3 Å². The van der Waals surface area contributed by atoms with E-state index in [4.69, 9.17) is 9.84 Å². The molecule has 1 aliphatic rings. The molecule has 0 atom stereocenters. The Labute approximate surface area is 124 Å². The lowest BCUT2D eigenvalue weighted by Gasteiger charge is -2.31. The second kappa shape index (κ2) is 7.22. The molecule has 2 rings (SSSR count). The SMILES string of the molecule is COCC1CCN(C(=O)Cc2ccccc2C(=O)O)CC1. The highest BCUT2D eigenvalue weighted by Crippen LogP contribution is 2.19. The second-order valence-corrected chi connectivity index (χ2v) is 5.42. The summed E-state index contributed by atoms with van der Waals surface area (Å²) in [4.78, 5) is 25.3. The van der Waals surface area contributed by atoms with Gasteiger partial charge in [-0.1, -0.05) is 18.2 Å². The first-order chi connectivity index (χ1) is 10.1. The monoisotopic (exact) mass is 291 g/mol. The van der Waals surface area contributed by atoms with Crippen LogP contribution in [-0.2, 0) is 16.0 Å². The Morgan fingerprint density at radius 3 is 2.57 bits per heavy atom. The first-order valence-electron chi connectivity index (χ1n) is 7.19. The molecule has 0 saturated carbocycles. The van der Waals surface area contributed by atoms with E-state index in [1.54, 1.807) is 25.3 Å². The maximum atomic E-state index is 12.3. The molecule has 1 aliphatic heterocycles. The number of carboxylic acid groups (broad SMARTS) is 1. The van der Waals surface area contributed by atoms with Crippen LogP contribution in [0.4, 0.5) is 0 Å². The number of aromatic carboxylic acids is 1. The van der Waals surface area contributed by atoms with Crippen LogP contribution in [0.1, 0.15) is 28.8 Å². The fraction of sp³-hybridized carbons (Fsp3) is 0.500. The summed E-state index contributed by atoms with van der Waals surface area (Å²) >= 11 is 0. The molecule has 1 saturated heterocycles. The normalized spacial score (nSPS) is 16.0. The Hall–Kier alpha value is -1.88. The summed E-state index contributed by atoms with van der Waals surface area (Å²) in [5.41, 5.74) is 0.786. The van der Waals surface area contributed by atoms with Gasteiger partial charge >= 0.3 is 5.97 Å². The predicted octanol–water partition coefficient (Wildman–Crippen LogP) is 1.81. The number of carbonyl (C=O) groups excluding carboxylic acids is 1. The van der Waals surface area contributed by atoms with Gasteiger partial charge < -0.3 is 14.7 Å². The number of likely N-dealkylation sites (tertiary alicyclic amines) is 1. The van der Waals surface area contributed by atoms with E-state index in [0.29, 0.717) is 11.5 Å². The molecule has 0 bridgehead atoms. The molecule has 1 amide bonds. The van der Waals surface area contributed by atoms with Gasteiger partial charge in [0.05, 0.1) is 12.0 Å². The maximum absolute atomic E-state index is 12.3. The standard InChI is InChI=1S/C16H21NO4/c1-21-11-12-6-8-17(9-7-12)15(18)10-13-4-2-3-5-14(13)16(19)20/h2-5,12H,6-11H2,1H3,(H,19,20). The minimum absolute atomic E-state index is 0.000401. The van der Waals surface area contributed by atoms with E-state index in [2.05, 4.69) is 0 Å². The molecule has 0 unspecified atom stereocenters. The number of hydrogen-bond donors (Lipinski definition) is 1. The number of carbonyl (C=O) groups is 2. The van der Waals surface area contributed by atoms with Crippen LogP contribution >= 0.6 is 0 Å². The Bertz CT molecular complexity index is 507. The molecular weight excluding hydrogens is 270 g/mol. The number of carboxylic acids is 1. The molecule has 1 aromatic carbocycles. The third-order valence-corrected chi connectivity index (χ3v) is 3.96. The lowest BCUT2D eigenvalue weighted by molar-refractivity contribution is -0.132. The molecule has 1 N–H and O–H groups in total. The van der Waals surface area contributed by atoms with Crippen LogP contribution in [0.2, 0.25) is 0 Å². The van der Waals surface area contributed by atoms with Crippen LogP contribution in [0.3, 0.4) is 0 Å². The first-order valence-corrected chi connectivity index (χ1v) is 7.19. The highest BCUT2D eigenvalue weighted by atomic mass is 16.5. The lowest BCUT2D eigenvalue weighted by Crippen LogP contribution is -2.40. The largest absolute Gasteiger partial charge is 0.478 e. The van der Waals surface area contributed by atoms with Gasteiger partial charge in [0, 0.05) is 26.8 Å². The van der Waals surface area contributed by atoms with Crippen LogP contribution in [0.5, 0.6) is 0 Å². The summed E-state index contributed by atoms with van der Waals surface area (Å²) < 4.78 is 5.15. The van der Waals surface area contributed by atoms with Gasteiger partial charge in [-0.25, -0.2) is 4.79 Å². The van der Waals surface area contributed by atoms with Crippen molar-refractivity contribution >= 4 is 11.9 Å². The number of nitrogens with zero attached hydrogens (tertiary/aromatic N) is 1. The molecule has 0 radical (unpaired) electrons. The fourth-order valence-electron chi connectivity index (χ4n) is 2.74. The molecule has 0 spiro atoms. The number of benzene rings is 1. The van der Waals surface area contributed by atoms with Crippen molar-refractivity contribution in [2.75, 3.05) is 26.8 Å². The summed E-state index contributed by atoms with van der Waals surface area (Å²) in [5.74, 6) is -0.470. The third-order valence-electron chi connectivity index (χ3n) is 3.96. The van der Waals surface area contributed by atoms with E-state index < -0.39 is 5.97 Å². The van der Waals surface area contributed by atoms with Crippen molar-refractivity contribution in [3.63, 3.8) is 0 Å². The number of hydrogen-bond acceptors (Lipinski definition) is 3. The predicted molar refractivity (Wildman–Crippen MR) is 78.3 cm³/mol. The van der Waals surface area contributed by atoms with Crippen molar-refractivity contribution in [2.24, 2.45) is 5.92 Å². The molecule has 114 valence electrons. The molecule has 1 aromatic rings. The van der Waals surface area contributed by atoms with Crippen molar-refractivity contribution < 1.29 is 19.4 Å². The molecule has 1 heterocycles. The van der Waals surface area contributed by atoms with E-state index in [-0.39, 0.29) is 17.9 Å². The van der Waals surface area contributed by atoms with Crippen LogP contribution in [-0.4, -0.2) is 48.7 Å². The van der Waals surface area contributed by atoms with Crippen molar-refractivity contribution in [2.45, 2.75) is 19.3 Å². The highest BCUT2D eigenvalue weighted by Gasteiger charge is 2.23. The maximum Gasteiger partial charge on any atom is 0.335 e. The molecule has 5 nitrogen and oxygen atoms in total. The molecule has 0 aromatic heterocycles. The Balaban J connectivity index is 1.95. The molecule has 1 fully saturated rings.